The number of rotatable bonds is 7. The van der Waals surface area contributed by atoms with E-state index in [1.807, 2.05) is 19.9 Å². The number of amidine groups is 1. The molecule has 2 rings (SSSR count). The van der Waals surface area contributed by atoms with Crippen LogP contribution in [0.1, 0.15) is 72.1 Å². The van der Waals surface area contributed by atoms with E-state index in [1.165, 1.54) is 32.1 Å². The molecule has 0 aromatic carbocycles. The van der Waals surface area contributed by atoms with Gasteiger partial charge in [-0.25, -0.2) is 0 Å². The van der Waals surface area contributed by atoms with Crippen LogP contribution in [-0.2, 0) is 9.53 Å². The summed E-state index contributed by atoms with van der Waals surface area (Å²) >= 11 is 0. The second kappa shape index (κ2) is 9.40. The predicted octanol–water partition coefficient (Wildman–Crippen LogP) is 4.60. The Kier molecular flexibility index (Phi) is 7.52. The fraction of sp³-hybridized carbons (Fsp3) is 0.810. The van der Waals surface area contributed by atoms with Crippen LogP contribution in [-0.4, -0.2) is 42.4 Å². The third-order valence-corrected chi connectivity index (χ3v) is 5.93. The van der Waals surface area contributed by atoms with E-state index in [0.717, 1.165) is 38.2 Å². The van der Waals surface area contributed by atoms with E-state index in [2.05, 4.69) is 18.4 Å². The first-order valence-electron chi connectivity index (χ1n) is 10.2. The van der Waals surface area contributed by atoms with Crippen molar-refractivity contribution in [1.82, 2.24) is 4.90 Å². The SMILES string of the molecule is C=CC1CCN(C2CCCCC2)C(=NCCCC)C1(C)C(=O)OCC. The molecule has 0 aromatic heterocycles. The third kappa shape index (κ3) is 4.27. The number of nitrogens with zero attached hydrogens (tertiary/aromatic N) is 2. The quantitative estimate of drug-likeness (QED) is 0.384. The van der Waals surface area contributed by atoms with E-state index >= 15 is 0 Å². The van der Waals surface area contributed by atoms with Gasteiger partial charge in [0.2, 0.25) is 0 Å². The number of carbonyl (C=O) groups is 1. The third-order valence-electron chi connectivity index (χ3n) is 5.93. The van der Waals surface area contributed by atoms with Crippen LogP contribution in [0.4, 0.5) is 0 Å². The van der Waals surface area contributed by atoms with Crippen LogP contribution in [0, 0.1) is 11.3 Å². The molecule has 142 valence electrons. The van der Waals surface area contributed by atoms with Crippen molar-refractivity contribution in [3.63, 3.8) is 0 Å². The van der Waals surface area contributed by atoms with Gasteiger partial charge in [0.15, 0.2) is 0 Å². The summed E-state index contributed by atoms with van der Waals surface area (Å²) in [5.74, 6) is 0.907. The minimum Gasteiger partial charge on any atom is -0.465 e. The number of hydrogen-bond acceptors (Lipinski definition) is 3. The zero-order chi connectivity index (χ0) is 18.3. The summed E-state index contributed by atoms with van der Waals surface area (Å²) in [6.45, 7) is 12.3. The molecule has 1 aliphatic carbocycles. The lowest BCUT2D eigenvalue weighted by molar-refractivity contribution is -0.153. The van der Waals surface area contributed by atoms with E-state index < -0.39 is 5.41 Å². The number of unbranched alkanes of at least 4 members (excludes halogenated alkanes) is 1. The Balaban J connectivity index is 2.38. The summed E-state index contributed by atoms with van der Waals surface area (Å²) in [5, 5.41) is 0. The molecule has 4 heteroatoms. The number of ether oxygens (including phenoxy) is 1. The van der Waals surface area contributed by atoms with Gasteiger partial charge >= 0.3 is 5.97 Å². The number of esters is 1. The van der Waals surface area contributed by atoms with Gasteiger partial charge in [-0.1, -0.05) is 38.7 Å². The summed E-state index contributed by atoms with van der Waals surface area (Å²) < 4.78 is 5.49. The molecule has 0 radical (unpaired) electrons. The lowest BCUT2D eigenvalue weighted by Crippen LogP contribution is -2.59. The van der Waals surface area contributed by atoms with Crippen molar-refractivity contribution in [2.45, 2.75) is 78.2 Å². The zero-order valence-electron chi connectivity index (χ0n) is 16.4. The Morgan fingerprint density at radius 3 is 2.64 bits per heavy atom. The number of hydrogen-bond donors (Lipinski definition) is 0. The highest BCUT2D eigenvalue weighted by Gasteiger charge is 2.51. The molecule has 2 atom stereocenters. The molecule has 2 fully saturated rings. The number of likely N-dealkylation sites (tertiary alicyclic amines) is 1. The first kappa shape index (κ1) is 20.0. The molecule has 4 nitrogen and oxygen atoms in total. The number of carbonyl (C=O) groups excluding carboxylic acids is 1. The lowest BCUT2D eigenvalue weighted by Gasteiger charge is -2.49. The van der Waals surface area contributed by atoms with Crippen LogP contribution >= 0.6 is 0 Å². The molecular weight excluding hydrogens is 312 g/mol. The van der Waals surface area contributed by atoms with E-state index in [4.69, 9.17) is 9.73 Å². The van der Waals surface area contributed by atoms with Crippen molar-refractivity contribution < 1.29 is 9.53 Å². The first-order valence-corrected chi connectivity index (χ1v) is 10.2. The molecule has 0 aromatic rings. The predicted molar refractivity (Wildman–Crippen MR) is 104 cm³/mol. The van der Waals surface area contributed by atoms with Crippen molar-refractivity contribution in [2.75, 3.05) is 19.7 Å². The fourth-order valence-corrected chi connectivity index (χ4v) is 4.36. The molecule has 25 heavy (non-hydrogen) atoms. The van der Waals surface area contributed by atoms with Crippen molar-refractivity contribution >= 4 is 11.8 Å². The molecule has 2 aliphatic rings. The summed E-state index contributed by atoms with van der Waals surface area (Å²) in [4.78, 5) is 20.4. The van der Waals surface area contributed by atoms with Gasteiger partial charge in [-0.05, 0) is 39.5 Å². The van der Waals surface area contributed by atoms with Gasteiger partial charge in [-0.3, -0.25) is 9.79 Å². The van der Waals surface area contributed by atoms with Gasteiger partial charge < -0.3 is 9.64 Å². The zero-order valence-corrected chi connectivity index (χ0v) is 16.4. The molecule has 0 spiro atoms. The topological polar surface area (TPSA) is 41.9 Å². The van der Waals surface area contributed by atoms with Gasteiger partial charge in [-0.2, -0.15) is 0 Å². The summed E-state index contributed by atoms with van der Waals surface area (Å²) in [6.07, 6.45) is 11.4. The minimum absolute atomic E-state index is 0.0896. The standard InChI is InChI=1S/C21H36N2O2/c1-5-8-15-22-19-21(4,20(24)25-7-3)17(6-2)14-16-23(19)18-12-10-9-11-13-18/h6,17-18H,2,5,7-16H2,1,3-4H3. The Labute approximate surface area is 153 Å². The van der Waals surface area contributed by atoms with Gasteiger partial charge in [0.1, 0.15) is 11.3 Å². The van der Waals surface area contributed by atoms with Crippen LogP contribution in [0.2, 0.25) is 0 Å². The fourth-order valence-electron chi connectivity index (χ4n) is 4.36. The summed E-state index contributed by atoms with van der Waals surface area (Å²) in [5.41, 5.74) is -0.707. The van der Waals surface area contributed by atoms with Crippen LogP contribution in [0.25, 0.3) is 0 Å². The number of allylic oxidation sites excluding steroid dienone is 1. The minimum atomic E-state index is -0.707. The van der Waals surface area contributed by atoms with Gasteiger partial charge in [-0.15, -0.1) is 6.58 Å². The molecule has 0 amide bonds. The molecule has 1 aliphatic heterocycles. The van der Waals surface area contributed by atoms with Crippen molar-refractivity contribution in [3.8, 4) is 0 Å². The molecule has 0 N–H and O–H groups in total. The van der Waals surface area contributed by atoms with Crippen LogP contribution < -0.4 is 0 Å². The highest BCUT2D eigenvalue weighted by atomic mass is 16.5. The number of aliphatic imine (C=N–C) groups is 1. The van der Waals surface area contributed by atoms with Gasteiger partial charge in [0.05, 0.1) is 6.61 Å². The Morgan fingerprint density at radius 1 is 1.32 bits per heavy atom. The molecule has 1 heterocycles. The van der Waals surface area contributed by atoms with E-state index in [1.54, 1.807) is 0 Å². The van der Waals surface area contributed by atoms with Crippen molar-refractivity contribution in [1.29, 1.82) is 0 Å². The van der Waals surface area contributed by atoms with Gasteiger partial charge in [0, 0.05) is 25.0 Å². The maximum absolute atomic E-state index is 13.0. The summed E-state index contributed by atoms with van der Waals surface area (Å²) in [7, 11) is 0. The normalized spacial score (nSPS) is 29.6. The highest BCUT2D eigenvalue weighted by molar-refractivity contribution is 6.06. The maximum Gasteiger partial charge on any atom is 0.320 e. The monoisotopic (exact) mass is 348 g/mol. The Hall–Kier alpha value is -1.32. The molecular formula is C21H36N2O2. The van der Waals surface area contributed by atoms with E-state index in [-0.39, 0.29) is 11.9 Å². The lowest BCUT2D eigenvalue weighted by atomic mass is 9.70. The molecule has 1 saturated heterocycles. The van der Waals surface area contributed by atoms with Crippen LogP contribution in [0.5, 0.6) is 0 Å². The summed E-state index contributed by atoms with van der Waals surface area (Å²) in [6, 6.07) is 0.522. The smallest absolute Gasteiger partial charge is 0.320 e. The first-order chi connectivity index (χ1) is 12.1. The van der Waals surface area contributed by atoms with Gasteiger partial charge in [0.25, 0.3) is 0 Å². The number of piperidine rings is 1. The average Bonchev–Trinajstić information content (AvgIpc) is 2.64. The molecule has 2 unspecified atom stereocenters. The van der Waals surface area contributed by atoms with E-state index in [9.17, 15) is 4.79 Å². The van der Waals surface area contributed by atoms with E-state index in [0.29, 0.717) is 12.6 Å². The molecule has 1 saturated carbocycles. The Morgan fingerprint density at radius 2 is 2.04 bits per heavy atom. The molecule has 0 bridgehead atoms. The largest absolute Gasteiger partial charge is 0.465 e. The van der Waals surface area contributed by atoms with Crippen LogP contribution in [0.15, 0.2) is 17.6 Å². The average molecular weight is 349 g/mol. The second-order valence-corrected chi connectivity index (χ2v) is 7.60. The Bertz CT molecular complexity index is 482. The maximum atomic E-state index is 13.0. The van der Waals surface area contributed by atoms with Crippen molar-refractivity contribution in [2.24, 2.45) is 16.3 Å². The van der Waals surface area contributed by atoms with Crippen molar-refractivity contribution in [3.05, 3.63) is 12.7 Å². The highest BCUT2D eigenvalue weighted by Crippen LogP contribution is 2.41. The second-order valence-electron chi connectivity index (χ2n) is 7.60. The van der Waals surface area contributed by atoms with Crippen LogP contribution in [0.3, 0.4) is 0 Å².